The Morgan fingerprint density at radius 2 is 2.12 bits per heavy atom. The van der Waals surface area contributed by atoms with E-state index in [4.69, 9.17) is 0 Å². The molecule has 1 saturated heterocycles. The van der Waals surface area contributed by atoms with Gasteiger partial charge in [-0.2, -0.15) is 0 Å². The number of carbonyl (C=O) groups excluding carboxylic acids is 1. The van der Waals surface area contributed by atoms with Crippen molar-refractivity contribution in [3.05, 3.63) is 0 Å². The number of alkyl halides is 1. The van der Waals surface area contributed by atoms with Crippen molar-refractivity contribution >= 4 is 30.7 Å². The third-order valence-corrected chi connectivity index (χ3v) is 2.25. The Morgan fingerprint density at radius 3 is 2.56 bits per heavy atom. The smallest absolute Gasteiger partial charge is 0.237 e. The van der Waals surface area contributed by atoms with E-state index in [9.17, 15) is 9.18 Å². The zero-order valence-electron chi connectivity index (χ0n) is 9.53. The summed E-state index contributed by atoms with van der Waals surface area (Å²) in [4.78, 5) is 13.4. The number of halogens is 3. The minimum Gasteiger partial charge on any atom is -0.353 e. The number of rotatable bonds is 4. The molecule has 0 aromatic rings. The van der Waals surface area contributed by atoms with Crippen LogP contribution in [-0.2, 0) is 4.79 Å². The van der Waals surface area contributed by atoms with Crippen LogP contribution in [0, 0.1) is 0 Å². The predicted octanol–water partition coefficient (Wildman–Crippen LogP) is 0.208. The third-order valence-electron chi connectivity index (χ3n) is 2.25. The molecule has 2 N–H and O–H groups in total. The fourth-order valence-corrected chi connectivity index (χ4v) is 1.42. The SMILES string of the molecule is CN(C)CCNC(=O)[C@@H]1C[C@@H](F)CN1.Cl.Cl. The van der Waals surface area contributed by atoms with Crippen LogP contribution in [-0.4, -0.2) is 56.8 Å². The summed E-state index contributed by atoms with van der Waals surface area (Å²) in [6.07, 6.45) is -0.576. The minimum absolute atomic E-state index is 0. The fourth-order valence-electron chi connectivity index (χ4n) is 1.42. The molecule has 0 bridgehead atoms. The normalized spacial score (nSPS) is 23.5. The quantitative estimate of drug-likeness (QED) is 0.771. The zero-order valence-corrected chi connectivity index (χ0v) is 11.2. The van der Waals surface area contributed by atoms with Crippen molar-refractivity contribution in [2.45, 2.75) is 18.6 Å². The van der Waals surface area contributed by atoms with Crippen molar-refractivity contribution in [1.29, 1.82) is 0 Å². The van der Waals surface area contributed by atoms with E-state index in [1.807, 2.05) is 19.0 Å². The van der Waals surface area contributed by atoms with Gasteiger partial charge in [-0.1, -0.05) is 0 Å². The number of nitrogens with one attached hydrogen (secondary N) is 2. The van der Waals surface area contributed by atoms with E-state index in [1.165, 1.54) is 0 Å². The largest absolute Gasteiger partial charge is 0.353 e. The highest BCUT2D eigenvalue weighted by molar-refractivity contribution is 5.85. The summed E-state index contributed by atoms with van der Waals surface area (Å²) < 4.78 is 12.7. The monoisotopic (exact) mass is 275 g/mol. The van der Waals surface area contributed by atoms with Gasteiger partial charge in [-0.3, -0.25) is 4.79 Å². The lowest BCUT2D eigenvalue weighted by atomic mass is 10.2. The van der Waals surface area contributed by atoms with Gasteiger partial charge in [0.1, 0.15) is 6.17 Å². The maximum Gasteiger partial charge on any atom is 0.237 e. The van der Waals surface area contributed by atoms with Crippen LogP contribution in [0.1, 0.15) is 6.42 Å². The number of likely N-dealkylation sites (N-methyl/N-ethyl adjacent to an activating group) is 1. The first-order valence-corrected chi connectivity index (χ1v) is 4.89. The van der Waals surface area contributed by atoms with Gasteiger partial charge in [0.05, 0.1) is 6.04 Å². The molecule has 0 spiro atoms. The fraction of sp³-hybridized carbons (Fsp3) is 0.889. The van der Waals surface area contributed by atoms with Gasteiger partial charge in [0.25, 0.3) is 0 Å². The standard InChI is InChI=1S/C9H18FN3O.2ClH/c1-13(2)4-3-11-9(14)8-5-7(10)6-12-8;;/h7-8,12H,3-6H2,1-2H3,(H,11,14);2*1H/t7-,8+;;/m1../s1. The topological polar surface area (TPSA) is 44.4 Å². The first kappa shape index (κ1) is 18.3. The van der Waals surface area contributed by atoms with Crippen LogP contribution in [0.3, 0.4) is 0 Å². The van der Waals surface area contributed by atoms with Crippen LogP contribution in [0.25, 0.3) is 0 Å². The highest BCUT2D eigenvalue weighted by atomic mass is 35.5. The van der Waals surface area contributed by atoms with E-state index in [0.29, 0.717) is 19.5 Å². The van der Waals surface area contributed by atoms with Crippen molar-refractivity contribution in [3.63, 3.8) is 0 Å². The van der Waals surface area contributed by atoms with Crippen LogP contribution in [0.4, 0.5) is 4.39 Å². The third kappa shape index (κ3) is 6.48. The van der Waals surface area contributed by atoms with Crippen LogP contribution >= 0.6 is 24.8 Å². The summed E-state index contributed by atoms with van der Waals surface area (Å²) in [7, 11) is 3.88. The zero-order chi connectivity index (χ0) is 10.6. The summed E-state index contributed by atoms with van der Waals surface area (Å²) in [5.74, 6) is -0.0907. The Bertz CT molecular complexity index is 207. The average Bonchev–Trinajstić information content (AvgIpc) is 2.51. The summed E-state index contributed by atoms with van der Waals surface area (Å²) in [6.45, 7) is 1.71. The maximum absolute atomic E-state index is 12.7. The van der Waals surface area contributed by atoms with Crippen LogP contribution < -0.4 is 10.6 Å². The first-order valence-electron chi connectivity index (χ1n) is 4.89. The van der Waals surface area contributed by atoms with E-state index in [-0.39, 0.29) is 36.8 Å². The molecule has 2 atom stereocenters. The second kappa shape index (κ2) is 8.98. The van der Waals surface area contributed by atoms with Crippen molar-refractivity contribution in [1.82, 2.24) is 15.5 Å². The van der Waals surface area contributed by atoms with Gasteiger partial charge < -0.3 is 15.5 Å². The molecular formula is C9H20Cl2FN3O. The molecule has 7 heteroatoms. The van der Waals surface area contributed by atoms with Crippen molar-refractivity contribution in [2.24, 2.45) is 0 Å². The van der Waals surface area contributed by atoms with E-state index in [1.54, 1.807) is 0 Å². The minimum atomic E-state index is -0.875. The van der Waals surface area contributed by atoms with Crippen molar-refractivity contribution < 1.29 is 9.18 Å². The number of carbonyl (C=O) groups is 1. The van der Waals surface area contributed by atoms with Gasteiger partial charge in [-0.05, 0) is 14.1 Å². The van der Waals surface area contributed by atoms with Crippen LogP contribution in [0.15, 0.2) is 0 Å². The van der Waals surface area contributed by atoms with Gasteiger partial charge in [-0.15, -0.1) is 24.8 Å². The Kier molecular flexibility index (Phi) is 10.3. The molecule has 1 fully saturated rings. The molecule has 0 aliphatic carbocycles. The lowest BCUT2D eigenvalue weighted by molar-refractivity contribution is -0.122. The molecule has 16 heavy (non-hydrogen) atoms. The molecule has 0 unspecified atom stereocenters. The van der Waals surface area contributed by atoms with E-state index in [0.717, 1.165) is 6.54 Å². The molecule has 98 valence electrons. The summed E-state index contributed by atoms with van der Waals surface area (Å²) in [5.41, 5.74) is 0. The molecule has 1 amide bonds. The molecule has 1 heterocycles. The Hall–Kier alpha value is -0.100. The van der Waals surface area contributed by atoms with Gasteiger partial charge in [0.15, 0.2) is 0 Å². The molecule has 0 aromatic heterocycles. The first-order chi connectivity index (χ1) is 6.59. The van der Waals surface area contributed by atoms with Gasteiger partial charge in [-0.25, -0.2) is 4.39 Å². The van der Waals surface area contributed by atoms with E-state index < -0.39 is 6.17 Å². The molecule has 1 rings (SSSR count). The molecule has 1 aliphatic heterocycles. The lowest BCUT2D eigenvalue weighted by Crippen LogP contribution is -2.42. The van der Waals surface area contributed by atoms with Crippen molar-refractivity contribution in [3.8, 4) is 0 Å². The average molecular weight is 276 g/mol. The summed E-state index contributed by atoms with van der Waals surface area (Å²) in [5, 5.41) is 5.61. The number of nitrogens with zero attached hydrogens (tertiary/aromatic N) is 1. The molecule has 0 saturated carbocycles. The molecule has 0 radical (unpaired) electrons. The summed E-state index contributed by atoms with van der Waals surface area (Å²) in [6, 6.07) is -0.341. The Balaban J connectivity index is 0. The highest BCUT2D eigenvalue weighted by Gasteiger charge is 2.28. The number of hydrogen-bond acceptors (Lipinski definition) is 3. The van der Waals surface area contributed by atoms with E-state index in [2.05, 4.69) is 10.6 Å². The van der Waals surface area contributed by atoms with Crippen LogP contribution in [0.5, 0.6) is 0 Å². The number of hydrogen-bond donors (Lipinski definition) is 2. The molecular weight excluding hydrogens is 256 g/mol. The van der Waals surface area contributed by atoms with Gasteiger partial charge in [0, 0.05) is 26.1 Å². The second-order valence-electron chi connectivity index (χ2n) is 3.89. The van der Waals surface area contributed by atoms with Gasteiger partial charge >= 0.3 is 0 Å². The summed E-state index contributed by atoms with van der Waals surface area (Å²) >= 11 is 0. The maximum atomic E-state index is 12.7. The number of amides is 1. The Morgan fingerprint density at radius 1 is 1.50 bits per heavy atom. The second-order valence-corrected chi connectivity index (χ2v) is 3.89. The van der Waals surface area contributed by atoms with E-state index >= 15 is 0 Å². The lowest BCUT2D eigenvalue weighted by Gasteiger charge is -2.13. The molecule has 0 aromatic carbocycles. The van der Waals surface area contributed by atoms with Gasteiger partial charge in [0.2, 0.25) is 5.91 Å². The highest BCUT2D eigenvalue weighted by Crippen LogP contribution is 2.09. The molecule has 4 nitrogen and oxygen atoms in total. The van der Waals surface area contributed by atoms with Crippen molar-refractivity contribution in [2.75, 3.05) is 33.7 Å². The molecule has 1 aliphatic rings. The predicted molar refractivity (Wildman–Crippen MR) is 67.4 cm³/mol. The Labute approximate surface area is 108 Å². The van der Waals surface area contributed by atoms with Crippen LogP contribution in [0.2, 0.25) is 0 Å².